The number of nitrogens with zero attached hydrogens (tertiary/aromatic N) is 1. The van der Waals surface area contributed by atoms with Crippen LogP contribution in [0, 0.1) is 6.92 Å². The summed E-state index contributed by atoms with van der Waals surface area (Å²) in [6.07, 6.45) is 1.66. The first-order valence-corrected chi connectivity index (χ1v) is 5.54. The van der Waals surface area contributed by atoms with Crippen molar-refractivity contribution in [1.82, 2.24) is 4.98 Å². The first-order chi connectivity index (χ1) is 8.67. The average Bonchev–Trinajstić information content (AvgIpc) is 2.41. The van der Waals surface area contributed by atoms with Crippen molar-refractivity contribution in [2.75, 3.05) is 14.2 Å². The second-order valence-electron chi connectivity index (χ2n) is 3.86. The van der Waals surface area contributed by atoms with Crippen LogP contribution in [-0.4, -0.2) is 24.3 Å². The van der Waals surface area contributed by atoms with Gasteiger partial charge in [0.1, 0.15) is 17.2 Å². The number of aryl methyl sites for hydroxylation is 1. The van der Waals surface area contributed by atoms with E-state index < -0.39 is 0 Å². The minimum Gasteiger partial charge on any atom is -0.505 e. The van der Waals surface area contributed by atoms with E-state index >= 15 is 0 Å². The number of methoxy groups -OCH3 is 2. The maximum absolute atomic E-state index is 10.0. The predicted molar refractivity (Wildman–Crippen MR) is 69.2 cm³/mol. The molecule has 18 heavy (non-hydrogen) atoms. The molecule has 0 unspecified atom stereocenters. The Morgan fingerprint density at radius 2 is 1.83 bits per heavy atom. The van der Waals surface area contributed by atoms with Gasteiger partial charge in [0.05, 0.1) is 19.9 Å². The standard InChI is InChI=1S/C14H15NO3/c1-9-14(16)12(6-7-15-9)11-5-4-10(17-2)8-13(11)18-3/h4-8,16H,1-3H3. The van der Waals surface area contributed by atoms with Crippen LogP contribution in [-0.2, 0) is 0 Å². The molecular weight excluding hydrogens is 230 g/mol. The Morgan fingerprint density at radius 1 is 1.06 bits per heavy atom. The van der Waals surface area contributed by atoms with Crippen molar-refractivity contribution in [2.45, 2.75) is 6.92 Å². The number of pyridine rings is 1. The lowest BCUT2D eigenvalue weighted by molar-refractivity contribution is 0.395. The number of aromatic nitrogens is 1. The van der Waals surface area contributed by atoms with Crippen LogP contribution in [0.2, 0.25) is 0 Å². The smallest absolute Gasteiger partial charge is 0.144 e. The average molecular weight is 245 g/mol. The SMILES string of the molecule is COc1ccc(-c2ccnc(C)c2O)c(OC)c1. The van der Waals surface area contributed by atoms with Gasteiger partial charge in [-0.15, -0.1) is 0 Å². The summed E-state index contributed by atoms with van der Waals surface area (Å²) in [7, 11) is 3.19. The molecule has 0 atom stereocenters. The number of hydrogen-bond donors (Lipinski definition) is 1. The zero-order valence-corrected chi connectivity index (χ0v) is 10.6. The molecule has 0 aliphatic rings. The van der Waals surface area contributed by atoms with E-state index in [0.29, 0.717) is 22.8 Å². The summed E-state index contributed by atoms with van der Waals surface area (Å²) in [4.78, 5) is 4.04. The van der Waals surface area contributed by atoms with Crippen LogP contribution < -0.4 is 9.47 Å². The Morgan fingerprint density at radius 3 is 2.50 bits per heavy atom. The summed E-state index contributed by atoms with van der Waals surface area (Å²) in [5.74, 6) is 1.53. The van der Waals surface area contributed by atoms with Crippen molar-refractivity contribution >= 4 is 0 Å². The normalized spacial score (nSPS) is 10.2. The van der Waals surface area contributed by atoms with E-state index in [4.69, 9.17) is 9.47 Å². The second-order valence-corrected chi connectivity index (χ2v) is 3.86. The predicted octanol–water partition coefficient (Wildman–Crippen LogP) is 2.78. The highest BCUT2D eigenvalue weighted by Gasteiger charge is 2.12. The van der Waals surface area contributed by atoms with Gasteiger partial charge in [-0.3, -0.25) is 4.98 Å². The molecule has 0 amide bonds. The molecule has 0 aliphatic heterocycles. The summed E-state index contributed by atoms with van der Waals surface area (Å²) in [5.41, 5.74) is 2.09. The minimum atomic E-state index is 0.168. The van der Waals surface area contributed by atoms with Gasteiger partial charge in [-0.25, -0.2) is 0 Å². The topological polar surface area (TPSA) is 51.6 Å². The number of benzene rings is 1. The van der Waals surface area contributed by atoms with Gasteiger partial charge >= 0.3 is 0 Å². The maximum Gasteiger partial charge on any atom is 0.144 e. The van der Waals surface area contributed by atoms with E-state index in [1.807, 2.05) is 12.1 Å². The molecule has 0 bridgehead atoms. The Hall–Kier alpha value is -2.23. The minimum absolute atomic E-state index is 0.168. The van der Waals surface area contributed by atoms with Crippen LogP contribution in [0.3, 0.4) is 0 Å². The lowest BCUT2D eigenvalue weighted by Gasteiger charge is -2.12. The summed E-state index contributed by atoms with van der Waals surface area (Å²) in [5, 5.41) is 10.0. The highest BCUT2D eigenvalue weighted by atomic mass is 16.5. The van der Waals surface area contributed by atoms with Gasteiger partial charge in [-0.1, -0.05) is 0 Å². The molecule has 1 aromatic carbocycles. The summed E-state index contributed by atoms with van der Waals surface area (Å²) < 4.78 is 10.5. The fourth-order valence-electron chi connectivity index (χ4n) is 1.80. The number of aromatic hydroxyl groups is 1. The quantitative estimate of drug-likeness (QED) is 0.903. The Balaban J connectivity index is 2.60. The van der Waals surface area contributed by atoms with Crippen molar-refractivity contribution in [3.05, 3.63) is 36.2 Å². The van der Waals surface area contributed by atoms with E-state index in [2.05, 4.69) is 4.98 Å². The second kappa shape index (κ2) is 4.96. The van der Waals surface area contributed by atoms with Gasteiger partial charge in [-0.05, 0) is 25.1 Å². The van der Waals surface area contributed by atoms with Gasteiger partial charge in [0.25, 0.3) is 0 Å². The van der Waals surface area contributed by atoms with E-state index in [1.54, 1.807) is 39.5 Å². The summed E-state index contributed by atoms with van der Waals surface area (Å²) >= 11 is 0. The van der Waals surface area contributed by atoms with Crippen molar-refractivity contribution in [2.24, 2.45) is 0 Å². The van der Waals surface area contributed by atoms with E-state index in [-0.39, 0.29) is 5.75 Å². The first-order valence-electron chi connectivity index (χ1n) is 5.54. The van der Waals surface area contributed by atoms with Crippen LogP contribution in [0.25, 0.3) is 11.1 Å². The molecule has 0 saturated carbocycles. The summed E-state index contributed by atoms with van der Waals surface area (Å²) in [6, 6.07) is 7.22. The van der Waals surface area contributed by atoms with Gasteiger partial charge in [0.15, 0.2) is 0 Å². The molecule has 0 saturated heterocycles. The molecule has 1 N–H and O–H groups in total. The molecule has 4 heteroatoms. The van der Waals surface area contributed by atoms with Crippen LogP contribution in [0.1, 0.15) is 5.69 Å². The molecule has 0 radical (unpaired) electrons. The van der Waals surface area contributed by atoms with Gasteiger partial charge in [-0.2, -0.15) is 0 Å². The molecule has 1 aromatic heterocycles. The van der Waals surface area contributed by atoms with E-state index in [1.165, 1.54) is 0 Å². The van der Waals surface area contributed by atoms with Crippen LogP contribution in [0.5, 0.6) is 17.2 Å². The number of rotatable bonds is 3. The number of ether oxygens (including phenoxy) is 2. The summed E-state index contributed by atoms with van der Waals surface area (Å²) in [6.45, 7) is 1.76. The molecule has 0 aliphatic carbocycles. The Labute approximate surface area is 106 Å². The monoisotopic (exact) mass is 245 g/mol. The lowest BCUT2D eigenvalue weighted by Crippen LogP contribution is -1.92. The first kappa shape index (κ1) is 12.2. The van der Waals surface area contributed by atoms with Gasteiger partial charge in [0, 0.05) is 23.4 Å². The van der Waals surface area contributed by atoms with E-state index in [9.17, 15) is 5.11 Å². The maximum atomic E-state index is 10.0. The van der Waals surface area contributed by atoms with Crippen LogP contribution in [0.15, 0.2) is 30.5 Å². The molecule has 2 aromatic rings. The zero-order valence-electron chi connectivity index (χ0n) is 10.6. The van der Waals surface area contributed by atoms with Crippen molar-refractivity contribution in [1.29, 1.82) is 0 Å². The van der Waals surface area contributed by atoms with Gasteiger partial charge in [0.2, 0.25) is 0 Å². The molecule has 1 heterocycles. The molecule has 0 spiro atoms. The Kier molecular flexibility index (Phi) is 3.37. The van der Waals surface area contributed by atoms with Crippen molar-refractivity contribution in [3.63, 3.8) is 0 Å². The molecule has 0 fully saturated rings. The highest BCUT2D eigenvalue weighted by molar-refractivity contribution is 5.76. The van der Waals surface area contributed by atoms with Gasteiger partial charge < -0.3 is 14.6 Å². The van der Waals surface area contributed by atoms with E-state index in [0.717, 1.165) is 5.56 Å². The Bertz CT molecular complexity index is 567. The molecule has 94 valence electrons. The highest BCUT2D eigenvalue weighted by Crippen LogP contribution is 2.38. The largest absolute Gasteiger partial charge is 0.505 e. The third kappa shape index (κ3) is 2.09. The third-order valence-electron chi connectivity index (χ3n) is 2.81. The fourth-order valence-corrected chi connectivity index (χ4v) is 1.80. The molecule has 4 nitrogen and oxygen atoms in total. The molecule has 2 rings (SSSR count). The lowest BCUT2D eigenvalue weighted by atomic mass is 10.0. The van der Waals surface area contributed by atoms with Crippen LogP contribution >= 0.6 is 0 Å². The third-order valence-corrected chi connectivity index (χ3v) is 2.81. The fraction of sp³-hybridized carbons (Fsp3) is 0.214. The van der Waals surface area contributed by atoms with Crippen molar-refractivity contribution in [3.8, 4) is 28.4 Å². The zero-order chi connectivity index (χ0) is 13.1. The number of hydrogen-bond acceptors (Lipinski definition) is 4. The molecular formula is C14H15NO3. The van der Waals surface area contributed by atoms with Crippen molar-refractivity contribution < 1.29 is 14.6 Å². The van der Waals surface area contributed by atoms with Crippen LogP contribution in [0.4, 0.5) is 0 Å².